The van der Waals surface area contributed by atoms with Crippen molar-refractivity contribution in [3.8, 4) is 0 Å². The van der Waals surface area contributed by atoms with E-state index in [0.717, 1.165) is 24.8 Å². The zero-order valence-corrected chi connectivity index (χ0v) is 10.3. The predicted molar refractivity (Wildman–Crippen MR) is 63.1 cm³/mol. The van der Waals surface area contributed by atoms with Gasteiger partial charge >= 0.3 is 5.97 Å². The molecular formula is C13H20O3. The lowest BCUT2D eigenvalue weighted by atomic mass is 9.85. The second kappa shape index (κ2) is 5.30. The van der Waals surface area contributed by atoms with Crippen LogP contribution >= 0.6 is 0 Å². The van der Waals surface area contributed by atoms with Gasteiger partial charge in [0.2, 0.25) is 0 Å². The molecule has 3 nitrogen and oxygen atoms in total. The second-order valence-corrected chi connectivity index (χ2v) is 4.46. The van der Waals surface area contributed by atoms with Crippen molar-refractivity contribution in [2.45, 2.75) is 38.7 Å². The van der Waals surface area contributed by atoms with Gasteiger partial charge in [0.25, 0.3) is 0 Å². The quantitative estimate of drug-likeness (QED) is 0.418. The van der Waals surface area contributed by atoms with Gasteiger partial charge in [-0.3, -0.25) is 0 Å². The Morgan fingerprint density at radius 1 is 1.62 bits per heavy atom. The summed E-state index contributed by atoms with van der Waals surface area (Å²) in [4.78, 5) is 11.6. The smallest absolute Gasteiger partial charge is 0.333 e. The molecule has 0 aromatic rings. The molecule has 0 aromatic heterocycles. The Bertz CT molecular complexity index is 317. The molecule has 1 unspecified atom stereocenters. The van der Waals surface area contributed by atoms with E-state index >= 15 is 0 Å². The number of rotatable bonds is 4. The topological polar surface area (TPSA) is 35.5 Å². The molecule has 0 aliphatic heterocycles. The first kappa shape index (κ1) is 13.0. The maximum absolute atomic E-state index is 11.6. The van der Waals surface area contributed by atoms with Crippen molar-refractivity contribution in [3.63, 3.8) is 0 Å². The second-order valence-electron chi connectivity index (χ2n) is 4.46. The maximum atomic E-state index is 11.6. The number of hydrogen-bond donors (Lipinski definition) is 0. The number of ether oxygens (including phenoxy) is 2. The molecule has 3 heteroatoms. The van der Waals surface area contributed by atoms with Crippen LogP contribution in [0.2, 0.25) is 0 Å². The van der Waals surface area contributed by atoms with Gasteiger partial charge in [0.15, 0.2) is 0 Å². The molecule has 0 radical (unpaired) electrons. The van der Waals surface area contributed by atoms with Crippen LogP contribution in [0, 0.1) is 0 Å². The van der Waals surface area contributed by atoms with E-state index in [1.807, 2.05) is 6.92 Å². The molecule has 1 aliphatic carbocycles. The minimum absolute atomic E-state index is 0.327. The summed E-state index contributed by atoms with van der Waals surface area (Å²) in [6.07, 6.45) is 5.02. The van der Waals surface area contributed by atoms with Crippen LogP contribution in [0.3, 0.4) is 0 Å². The lowest BCUT2D eigenvalue weighted by Gasteiger charge is -2.34. The van der Waals surface area contributed by atoms with Crippen LogP contribution in [-0.4, -0.2) is 25.3 Å². The summed E-state index contributed by atoms with van der Waals surface area (Å²) in [6.45, 7) is 7.71. The van der Waals surface area contributed by atoms with Crippen LogP contribution in [0.15, 0.2) is 23.8 Å². The molecular weight excluding hydrogens is 204 g/mol. The Kier molecular flexibility index (Phi) is 4.30. The van der Waals surface area contributed by atoms with Gasteiger partial charge in [-0.2, -0.15) is 0 Å². The first-order valence-electron chi connectivity index (χ1n) is 5.57. The summed E-state index contributed by atoms with van der Waals surface area (Å²) in [5.74, 6) is -0.327. The number of carbonyl (C=O) groups excluding carboxylic acids is 1. The highest BCUT2D eigenvalue weighted by Gasteiger charge is 2.34. The van der Waals surface area contributed by atoms with Gasteiger partial charge in [0.05, 0.1) is 6.61 Å². The van der Waals surface area contributed by atoms with Crippen molar-refractivity contribution in [2.75, 3.05) is 13.7 Å². The molecule has 16 heavy (non-hydrogen) atoms. The van der Waals surface area contributed by atoms with Crippen LogP contribution in [0.25, 0.3) is 0 Å². The molecule has 0 N–H and O–H groups in total. The third-order valence-electron chi connectivity index (χ3n) is 2.89. The van der Waals surface area contributed by atoms with Gasteiger partial charge in [-0.1, -0.05) is 12.7 Å². The Morgan fingerprint density at radius 2 is 2.31 bits per heavy atom. The Balaban J connectivity index is 2.80. The van der Waals surface area contributed by atoms with E-state index in [4.69, 9.17) is 9.47 Å². The normalized spacial score (nSPS) is 24.8. The summed E-state index contributed by atoms with van der Waals surface area (Å²) in [5.41, 5.74) is 0.962. The van der Waals surface area contributed by atoms with Crippen LogP contribution in [0.4, 0.5) is 0 Å². The van der Waals surface area contributed by atoms with Crippen LogP contribution in [0.1, 0.15) is 33.1 Å². The first-order valence-corrected chi connectivity index (χ1v) is 5.57. The lowest BCUT2D eigenvalue weighted by Crippen LogP contribution is -2.37. The van der Waals surface area contributed by atoms with Crippen molar-refractivity contribution in [1.29, 1.82) is 0 Å². The van der Waals surface area contributed by atoms with E-state index < -0.39 is 5.60 Å². The molecule has 1 rings (SSSR count). The summed E-state index contributed by atoms with van der Waals surface area (Å²) in [5, 5.41) is 0. The maximum Gasteiger partial charge on any atom is 0.333 e. The fourth-order valence-corrected chi connectivity index (χ4v) is 1.87. The molecule has 1 atom stereocenters. The number of hydrogen-bond acceptors (Lipinski definition) is 3. The average Bonchev–Trinajstić information content (AvgIpc) is 2.21. The zero-order valence-electron chi connectivity index (χ0n) is 10.3. The number of allylic oxidation sites excluding steroid dienone is 1. The van der Waals surface area contributed by atoms with Crippen molar-refractivity contribution in [1.82, 2.24) is 0 Å². The molecule has 0 aromatic carbocycles. The fraction of sp³-hybridized carbons (Fsp3) is 0.615. The third kappa shape index (κ3) is 2.95. The van der Waals surface area contributed by atoms with Gasteiger partial charge in [-0.15, -0.1) is 0 Å². The van der Waals surface area contributed by atoms with E-state index in [1.54, 1.807) is 14.0 Å². The molecule has 0 heterocycles. The summed E-state index contributed by atoms with van der Waals surface area (Å²) in [7, 11) is 1.65. The van der Waals surface area contributed by atoms with Crippen LogP contribution in [0.5, 0.6) is 0 Å². The highest BCUT2D eigenvalue weighted by atomic mass is 16.6. The lowest BCUT2D eigenvalue weighted by molar-refractivity contribution is -0.151. The SMILES string of the molecule is C=C(C)C(=O)OC1(C)CCCC=C1COC. The molecule has 0 spiro atoms. The van der Waals surface area contributed by atoms with Crippen LogP contribution < -0.4 is 0 Å². The summed E-state index contributed by atoms with van der Waals surface area (Å²) < 4.78 is 10.7. The van der Waals surface area contributed by atoms with Gasteiger partial charge in [0, 0.05) is 12.7 Å². The highest BCUT2D eigenvalue weighted by molar-refractivity contribution is 5.87. The van der Waals surface area contributed by atoms with E-state index in [9.17, 15) is 4.79 Å². The van der Waals surface area contributed by atoms with Gasteiger partial charge < -0.3 is 9.47 Å². The van der Waals surface area contributed by atoms with Crippen molar-refractivity contribution in [3.05, 3.63) is 23.8 Å². The highest BCUT2D eigenvalue weighted by Crippen LogP contribution is 2.33. The minimum Gasteiger partial charge on any atom is -0.451 e. The molecule has 0 fully saturated rings. The van der Waals surface area contributed by atoms with E-state index in [2.05, 4.69) is 12.7 Å². The molecule has 0 saturated carbocycles. The number of carbonyl (C=O) groups is 1. The zero-order chi connectivity index (χ0) is 12.2. The average molecular weight is 224 g/mol. The largest absolute Gasteiger partial charge is 0.451 e. The predicted octanol–water partition coefficient (Wildman–Crippen LogP) is 2.62. The number of esters is 1. The van der Waals surface area contributed by atoms with Crippen molar-refractivity contribution >= 4 is 5.97 Å². The Morgan fingerprint density at radius 3 is 2.88 bits per heavy atom. The van der Waals surface area contributed by atoms with E-state index in [-0.39, 0.29) is 5.97 Å². The van der Waals surface area contributed by atoms with Gasteiger partial charge in [0.1, 0.15) is 5.60 Å². The molecule has 0 amide bonds. The first-order chi connectivity index (χ1) is 7.49. The Labute approximate surface area is 97.1 Å². The Hall–Kier alpha value is -1.09. The molecule has 0 bridgehead atoms. The number of methoxy groups -OCH3 is 1. The summed E-state index contributed by atoms with van der Waals surface area (Å²) in [6, 6.07) is 0. The van der Waals surface area contributed by atoms with Crippen LogP contribution in [-0.2, 0) is 14.3 Å². The van der Waals surface area contributed by atoms with E-state index in [1.165, 1.54) is 0 Å². The molecule has 1 aliphatic rings. The fourth-order valence-electron chi connectivity index (χ4n) is 1.87. The van der Waals surface area contributed by atoms with Crippen molar-refractivity contribution < 1.29 is 14.3 Å². The van der Waals surface area contributed by atoms with E-state index in [0.29, 0.717) is 12.2 Å². The standard InChI is InChI=1S/C13H20O3/c1-10(2)12(14)16-13(3)8-6-5-7-11(13)9-15-4/h7H,1,5-6,8-9H2,2-4H3. The molecule has 0 saturated heterocycles. The molecule has 90 valence electrons. The monoisotopic (exact) mass is 224 g/mol. The minimum atomic E-state index is -0.524. The van der Waals surface area contributed by atoms with Gasteiger partial charge in [-0.25, -0.2) is 4.79 Å². The van der Waals surface area contributed by atoms with Gasteiger partial charge in [-0.05, 0) is 38.7 Å². The van der Waals surface area contributed by atoms with Crippen molar-refractivity contribution in [2.24, 2.45) is 0 Å². The summed E-state index contributed by atoms with van der Waals surface area (Å²) >= 11 is 0. The third-order valence-corrected chi connectivity index (χ3v) is 2.89.